The molecule has 1 saturated carbocycles. The molecule has 3 aromatic rings. The standard InChI is InChI=1S/C17H14Cl2N4OS/c1-23-8-9(6-21-23)17-20-7-14(25-17)16(24)22-13-5-11(13)10-3-2-4-12(18)15(10)19/h2-4,6-8,11,13H,5H2,1H3,(H,22,24)/t11-,13-/m1/s1. The lowest BCUT2D eigenvalue weighted by molar-refractivity contribution is 0.0954. The number of nitrogens with one attached hydrogen (secondary N) is 1. The first-order chi connectivity index (χ1) is 12.0. The summed E-state index contributed by atoms with van der Waals surface area (Å²) in [7, 11) is 1.85. The van der Waals surface area contributed by atoms with Crippen LogP contribution in [0.25, 0.3) is 10.6 Å². The van der Waals surface area contributed by atoms with Gasteiger partial charge >= 0.3 is 0 Å². The lowest BCUT2D eigenvalue weighted by atomic mass is 10.1. The largest absolute Gasteiger partial charge is 0.348 e. The van der Waals surface area contributed by atoms with Crippen LogP contribution in [0.15, 0.2) is 36.8 Å². The molecule has 2 aromatic heterocycles. The number of benzene rings is 1. The van der Waals surface area contributed by atoms with Crippen molar-refractivity contribution in [3.05, 3.63) is 57.3 Å². The van der Waals surface area contributed by atoms with Gasteiger partial charge in [-0.05, 0) is 18.1 Å². The summed E-state index contributed by atoms with van der Waals surface area (Å²) in [5.41, 5.74) is 1.89. The highest BCUT2D eigenvalue weighted by molar-refractivity contribution is 7.16. The second-order valence-corrected chi connectivity index (χ2v) is 7.81. The van der Waals surface area contributed by atoms with Crippen molar-refractivity contribution in [2.75, 3.05) is 0 Å². The number of carbonyl (C=O) groups excluding carboxylic acids is 1. The van der Waals surface area contributed by atoms with Gasteiger partial charge in [0.2, 0.25) is 0 Å². The Morgan fingerprint density at radius 2 is 2.20 bits per heavy atom. The van der Waals surface area contributed by atoms with Crippen LogP contribution in [0.1, 0.15) is 27.6 Å². The van der Waals surface area contributed by atoms with Crippen LogP contribution in [0, 0.1) is 0 Å². The van der Waals surface area contributed by atoms with Crippen molar-refractivity contribution < 1.29 is 4.79 Å². The molecule has 1 N–H and O–H groups in total. The molecule has 2 heterocycles. The average Bonchev–Trinajstić information content (AvgIpc) is 2.99. The molecule has 0 bridgehead atoms. The van der Waals surface area contributed by atoms with Gasteiger partial charge in [0.15, 0.2) is 0 Å². The summed E-state index contributed by atoms with van der Waals surface area (Å²) in [6.45, 7) is 0. The molecule has 25 heavy (non-hydrogen) atoms. The number of hydrogen-bond donors (Lipinski definition) is 1. The fourth-order valence-electron chi connectivity index (χ4n) is 2.79. The Morgan fingerprint density at radius 3 is 2.96 bits per heavy atom. The van der Waals surface area contributed by atoms with E-state index in [1.165, 1.54) is 11.3 Å². The van der Waals surface area contributed by atoms with Crippen molar-refractivity contribution in [1.29, 1.82) is 0 Å². The minimum absolute atomic E-state index is 0.0763. The molecule has 128 valence electrons. The second-order valence-electron chi connectivity index (χ2n) is 6.00. The predicted octanol–water partition coefficient (Wildman–Crippen LogP) is 4.14. The average molecular weight is 393 g/mol. The van der Waals surface area contributed by atoms with Crippen molar-refractivity contribution in [1.82, 2.24) is 20.1 Å². The van der Waals surface area contributed by atoms with Gasteiger partial charge < -0.3 is 5.32 Å². The minimum Gasteiger partial charge on any atom is -0.348 e. The summed E-state index contributed by atoms with van der Waals surface area (Å²) in [5.74, 6) is 0.0964. The van der Waals surface area contributed by atoms with Crippen LogP contribution in [-0.4, -0.2) is 26.7 Å². The molecule has 0 saturated heterocycles. The van der Waals surface area contributed by atoms with Gasteiger partial charge in [-0.1, -0.05) is 35.3 Å². The van der Waals surface area contributed by atoms with Gasteiger partial charge in [-0.25, -0.2) is 4.98 Å². The van der Waals surface area contributed by atoms with Gasteiger partial charge in [0, 0.05) is 30.8 Å². The summed E-state index contributed by atoms with van der Waals surface area (Å²) >= 11 is 13.7. The Hall–Kier alpha value is -1.89. The maximum Gasteiger partial charge on any atom is 0.263 e. The first kappa shape index (κ1) is 16.6. The molecule has 4 rings (SSSR count). The van der Waals surface area contributed by atoms with E-state index in [9.17, 15) is 4.79 Å². The maximum atomic E-state index is 12.5. The van der Waals surface area contributed by atoms with Crippen LogP contribution in [-0.2, 0) is 7.05 Å². The molecule has 5 nitrogen and oxygen atoms in total. The van der Waals surface area contributed by atoms with Crippen LogP contribution in [0.4, 0.5) is 0 Å². The van der Waals surface area contributed by atoms with Crippen LogP contribution in [0.2, 0.25) is 10.0 Å². The Kier molecular flexibility index (Phi) is 4.27. The minimum atomic E-state index is -0.113. The molecule has 0 aliphatic heterocycles. The van der Waals surface area contributed by atoms with Crippen molar-refractivity contribution >= 4 is 40.4 Å². The third-order valence-electron chi connectivity index (χ3n) is 4.17. The molecule has 0 unspecified atom stereocenters. The molecule has 0 radical (unpaired) electrons. The Balaban J connectivity index is 1.44. The predicted molar refractivity (Wildman–Crippen MR) is 99.4 cm³/mol. The van der Waals surface area contributed by atoms with Gasteiger partial charge in [0.25, 0.3) is 5.91 Å². The van der Waals surface area contributed by atoms with Crippen molar-refractivity contribution in [2.24, 2.45) is 7.05 Å². The highest BCUT2D eigenvalue weighted by atomic mass is 35.5. The zero-order valence-electron chi connectivity index (χ0n) is 13.2. The van der Waals surface area contributed by atoms with E-state index in [-0.39, 0.29) is 17.9 Å². The van der Waals surface area contributed by atoms with E-state index in [1.807, 2.05) is 25.4 Å². The number of halogens is 2. The van der Waals surface area contributed by atoms with E-state index < -0.39 is 0 Å². The van der Waals surface area contributed by atoms with E-state index in [4.69, 9.17) is 23.2 Å². The third-order valence-corrected chi connectivity index (χ3v) is 6.05. The summed E-state index contributed by atoms with van der Waals surface area (Å²) in [6.07, 6.45) is 6.07. The van der Waals surface area contributed by atoms with Gasteiger partial charge in [0.1, 0.15) is 9.88 Å². The van der Waals surface area contributed by atoms with Gasteiger partial charge in [-0.3, -0.25) is 9.48 Å². The van der Waals surface area contributed by atoms with Gasteiger partial charge in [0.05, 0.1) is 22.4 Å². The number of rotatable bonds is 4. The SMILES string of the molecule is Cn1cc(-c2ncc(C(=O)N[C@@H]3C[C@@H]3c3cccc(Cl)c3Cl)s2)cn1. The van der Waals surface area contributed by atoms with E-state index in [0.29, 0.717) is 14.9 Å². The number of nitrogens with zero attached hydrogens (tertiary/aromatic N) is 3. The molecule has 2 atom stereocenters. The molecule has 0 spiro atoms. The first-order valence-electron chi connectivity index (χ1n) is 7.72. The molecular formula is C17H14Cl2N4OS. The summed E-state index contributed by atoms with van der Waals surface area (Å²) < 4.78 is 1.71. The van der Waals surface area contributed by atoms with E-state index in [0.717, 1.165) is 22.6 Å². The lowest BCUT2D eigenvalue weighted by Gasteiger charge is -2.06. The number of aromatic nitrogens is 3. The van der Waals surface area contributed by atoms with Crippen LogP contribution in [0.5, 0.6) is 0 Å². The highest BCUT2D eigenvalue weighted by Gasteiger charge is 2.41. The summed E-state index contributed by atoms with van der Waals surface area (Å²) in [5, 5.41) is 9.06. The molecule has 1 aliphatic rings. The van der Waals surface area contributed by atoms with E-state index in [1.54, 1.807) is 23.1 Å². The number of carbonyl (C=O) groups is 1. The number of hydrogen-bond acceptors (Lipinski definition) is 4. The fourth-order valence-corrected chi connectivity index (χ4v) is 4.03. The fraction of sp³-hybridized carbons (Fsp3) is 0.235. The normalized spacial score (nSPS) is 19.0. The molecule has 1 fully saturated rings. The number of thiazole rings is 1. The molecule has 1 amide bonds. The zero-order chi connectivity index (χ0) is 17.6. The lowest BCUT2D eigenvalue weighted by Crippen LogP contribution is -2.25. The smallest absolute Gasteiger partial charge is 0.263 e. The van der Waals surface area contributed by atoms with Crippen molar-refractivity contribution in [3.63, 3.8) is 0 Å². The third kappa shape index (κ3) is 3.29. The summed E-state index contributed by atoms with van der Waals surface area (Å²) in [4.78, 5) is 17.4. The molecule has 1 aliphatic carbocycles. The van der Waals surface area contributed by atoms with Crippen LogP contribution in [0.3, 0.4) is 0 Å². The van der Waals surface area contributed by atoms with Gasteiger partial charge in [-0.15, -0.1) is 11.3 Å². The Bertz CT molecular complexity index is 952. The monoisotopic (exact) mass is 392 g/mol. The zero-order valence-corrected chi connectivity index (χ0v) is 15.6. The van der Waals surface area contributed by atoms with Gasteiger partial charge in [-0.2, -0.15) is 5.10 Å². The van der Waals surface area contributed by atoms with Crippen molar-refractivity contribution in [3.8, 4) is 10.6 Å². The first-order valence-corrected chi connectivity index (χ1v) is 9.30. The topological polar surface area (TPSA) is 59.8 Å². The molecule has 1 aromatic carbocycles. The van der Waals surface area contributed by atoms with Crippen molar-refractivity contribution in [2.45, 2.75) is 18.4 Å². The Morgan fingerprint density at radius 1 is 1.36 bits per heavy atom. The molecule has 8 heteroatoms. The quantitative estimate of drug-likeness (QED) is 0.725. The number of aryl methyl sites for hydroxylation is 1. The second kappa shape index (κ2) is 6.44. The molecular weight excluding hydrogens is 379 g/mol. The summed E-state index contributed by atoms with van der Waals surface area (Å²) in [6, 6.07) is 5.68. The van der Waals surface area contributed by atoms with E-state index >= 15 is 0 Å². The van der Waals surface area contributed by atoms with Crippen LogP contribution >= 0.6 is 34.5 Å². The maximum absolute atomic E-state index is 12.5. The van der Waals surface area contributed by atoms with Crippen LogP contribution < -0.4 is 5.32 Å². The van der Waals surface area contributed by atoms with E-state index in [2.05, 4.69) is 15.4 Å². The highest BCUT2D eigenvalue weighted by Crippen LogP contribution is 2.45. The Labute approximate surface area is 158 Å². The number of amides is 1.